The second kappa shape index (κ2) is 5.01. The molecule has 0 saturated carbocycles. The highest BCUT2D eigenvalue weighted by Gasteiger charge is 2.18. The van der Waals surface area contributed by atoms with Gasteiger partial charge in [0.25, 0.3) is 0 Å². The lowest BCUT2D eigenvalue weighted by Gasteiger charge is -2.08. The summed E-state index contributed by atoms with van der Waals surface area (Å²) in [6, 6.07) is 9.49. The summed E-state index contributed by atoms with van der Waals surface area (Å²) in [4.78, 5) is 19.7. The summed E-state index contributed by atoms with van der Waals surface area (Å²) in [6.07, 6.45) is 1.34. The van der Waals surface area contributed by atoms with E-state index in [4.69, 9.17) is 4.42 Å². The summed E-state index contributed by atoms with van der Waals surface area (Å²) in [5.41, 5.74) is 1.39. The third kappa shape index (κ3) is 2.38. The third-order valence-corrected chi connectivity index (χ3v) is 3.24. The smallest absolute Gasteiger partial charge is 0.339 e. The summed E-state index contributed by atoms with van der Waals surface area (Å²) in [7, 11) is 0. The van der Waals surface area contributed by atoms with Crippen LogP contribution >= 0.6 is 0 Å². The number of para-hydroxylation sites is 1. The van der Waals surface area contributed by atoms with Crippen molar-refractivity contribution < 1.29 is 14.3 Å². The Hall–Kier alpha value is -2.69. The highest BCUT2D eigenvalue weighted by molar-refractivity contribution is 5.89. The maximum Gasteiger partial charge on any atom is 0.339 e. The fraction of sp³-hybridized carbons (Fsp3) is 0.188. The number of carboxylic acid groups (broad SMARTS) is 1. The van der Waals surface area contributed by atoms with Crippen LogP contribution in [0.5, 0.6) is 0 Å². The molecule has 0 aliphatic carbocycles. The van der Waals surface area contributed by atoms with Gasteiger partial charge in [0.2, 0.25) is 0 Å². The first-order valence-electron chi connectivity index (χ1n) is 6.65. The summed E-state index contributed by atoms with van der Waals surface area (Å²) in [6.45, 7) is 3.80. The summed E-state index contributed by atoms with van der Waals surface area (Å²) < 4.78 is 5.72. The maximum atomic E-state index is 11.2. The van der Waals surface area contributed by atoms with Crippen molar-refractivity contribution in [3.05, 3.63) is 47.8 Å². The van der Waals surface area contributed by atoms with Crippen LogP contribution in [0.15, 0.2) is 40.9 Å². The molecule has 0 spiro atoms. The molecule has 0 atom stereocenters. The molecular weight excluding hydrogens is 268 g/mol. The van der Waals surface area contributed by atoms with Crippen LogP contribution in [-0.2, 0) is 0 Å². The van der Waals surface area contributed by atoms with E-state index in [1.807, 2.05) is 44.2 Å². The Morgan fingerprint density at radius 1 is 1.29 bits per heavy atom. The molecule has 0 saturated heterocycles. The van der Waals surface area contributed by atoms with Gasteiger partial charge >= 0.3 is 5.97 Å². The molecule has 2 aromatic heterocycles. The fourth-order valence-corrected chi connectivity index (χ4v) is 2.21. The van der Waals surface area contributed by atoms with Crippen LogP contribution in [0.25, 0.3) is 22.6 Å². The van der Waals surface area contributed by atoms with E-state index >= 15 is 0 Å². The maximum absolute atomic E-state index is 11.2. The van der Waals surface area contributed by atoms with Gasteiger partial charge in [-0.2, -0.15) is 0 Å². The van der Waals surface area contributed by atoms with Gasteiger partial charge < -0.3 is 9.52 Å². The zero-order valence-electron chi connectivity index (χ0n) is 11.7. The number of benzene rings is 1. The van der Waals surface area contributed by atoms with Gasteiger partial charge in [0.05, 0.1) is 11.3 Å². The molecule has 0 fully saturated rings. The molecule has 0 aliphatic heterocycles. The lowest BCUT2D eigenvalue weighted by atomic mass is 10.1. The normalized spacial score (nSPS) is 11.2. The van der Waals surface area contributed by atoms with Gasteiger partial charge in [-0.05, 0) is 18.1 Å². The molecule has 3 aromatic rings. The molecule has 0 bridgehead atoms. The lowest BCUT2D eigenvalue weighted by molar-refractivity contribution is 0.0694. The van der Waals surface area contributed by atoms with Crippen molar-refractivity contribution >= 4 is 16.9 Å². The van der Waals surface area contributed by atoms with Crippen molar-refractivity contribution in [3.63, 3.8) is 0 Å². The number of aromatic nitrogens is 2. The molecule has 21 heavy (non-hydrogen) atoms. The molecule has 2 heterocycles. The second-order valence-electron chi connectivity index (χ2n) is 5.10. The van der Waals surface area contributed by atoms with Crippen molar-refractivity contribution in [1.29, 1.82) is 0 Å². The van der Waals surface area contributed by atoms with Gasteiger partial charge in [-0.15, -0.1) is 0 Å². The molecule has 0 amide bonds. The number of furan rings is 1. The Kier molecular flexibility index (Phi) is 3.17. The van der Waals surface area contributed by atoms with Gasteiger partial charge in [-0.1, -0.05) is 32.0 Å². The monoisotopic (exact) mass is 282 g/mol. The highest BCUT2D eigenvalue weighted by atomic mass is 16.4. The average molecular weight is 282 g/mol. The highest BCUT2D eigenvalue weighted by Crippen LogP contribution is 2.27. The second-order valence-corrected chi connectivity index (χ2v) is 5.10. The number of rotatable bonds is 3. The third-order valence-electron chi connectivity index (χ3n) is 3.24. The van der Waals surface area contributed by atoms with Gasteiger partial charge in [0.1, 0.15) is 5.58 Å². The molecular formula is C16H14N2O3. The Bertz CT molecular complexity index is 788. The minimum atomic E-state index is -1.02. The minimum absolute atomic E-state index is 0.0118. The van der Waals surface area contributed by atoms with Crippen LogP contribution in [0.1, 0.15) is 35.8 Å². The number of aromatic carboxylic acids is 1. The molecule has 0 radical (unpaired) electrons. The van der Waals surface area contributed by atoms with Crippen LogP contribution in [0.3, 0.4) is 0 Å². The van der Waals surface area contributed by atoms with E-state index < -0.39 is 5.97 Å². The van der Waals surface area contributed by atoms with Crippen LogP contribution < -0.4 is 0 Å². The molecule has 3 rings (SSSR count). The van der Waals surface area contributed by atoms with E-state index in [0.29, 0.717) is 17.3 Å². The van der Waals surface area contributed by atoms with E-state index in [1.54, 1.807) is 0 Å². The van der Waals surface area contributed by atoms with E-state index in [1.165, 1.54) is 6.20 Å². The number of carbonyl (C=O) groups is 1. The van der Waals surface area contributed by atoms with Crippen LogP contribution in [0, 0.1) is 0 Å². The standard InChI is InChI=1S/C16H14N2O3/c1-9(2)14-11(16(19)20)8-17-15(18-14)13-7-10-5-3-4-6-12(10)21-13/h3-9H,1-2H3,(H,19,20). The predicted molar refractivity (Wildman–Crippen MR) is 78.3 cm³/mol. The van der Waals surface area contributed by atoms with Gasteiger partial charge in [-0.3, -0.25) is 0 Å². The van der Waals surface area contributed by atoms with Gasteiger partial charge in [0, 0.05) is 11.6 Å². The average Bonchev–Trinajstić information content (AvgIpc) is 2.90. The van der Waals surface area contributed by atoms with E-state index in [2.05, 4.69) is 9.97 Å². The lowest BCUT2D eigenvalue weighted by Crippen LogP contribution is -2.08. The van der Waals surface area contributed by atoms with E-state index in [-0.39, 0.29) is 11.5 Å². The van der Waals surface area contributed by atoms with E-state index in [9.17, 15) is 9.90 Å². The number of fused-ring (bicyclic) bond motifs is 1. The van der Waals surface area contributed by atoms with Gasteiger partial charge in [-0.25, -0.2) is 14.8 Å². The summed E-state index contributed by atoms with van der Waals surface area (Å²) in [5.74, 6) is -0.0907. The van der Waals surface area contributed by atoms with Gasteiger partial charge in [0.15, 0.2) is 11.6 Å². The Labute approximate surface area is 121 Å². The first-order chi connectivity index (χ1) is 10.1. The first-order valence-corrected chi connectivity index (χ1v) is 6.65. The minimum Gasteiger partial charge on any atom is -0.478 e. The molecule has 106 valence electrons. The Balaban J connectivity index is 2.14. The molecule has 5 heteroatoms. The van der Waals surface area contributed by atoms with Crippen molar-refractivity contribution in [2.24, 2.45) is 0 Å². The molecule has 1 N–H and O–H groups in total. The SMILES string of the molecule is CC(C)c1nc(-c2cc3ccccc3o2)ncc1C(=O)O. The Morgan fingerprint density at radius 2 is 2.05 bits per heavy atom. The molecule has 0 aliphatic rings. The molecule has 1 aromatic carbocycles. The number of carboxylic acids is 1. The van der Waals surface area contributed by atoms with Crippen molar-refractivity contribution in [2.75, 3.05) is 0 Å². The van der Waals surface area contributed by atoms with Crippen LogP contribution in [0.2, 0.25) is 0 Å². The van der Waals surface area contributed by atoms with Crippen molar-refractivity contribution in [3.8, 4) is 11.6 Å². The number of hydrogen-bond donors (Lipinski definition) is 1. The summed E-state index contributed by atoms with van der Waals surface area (Å²) >= 11 is 0. The zero-order chi connectivity index (χ0) is 15.0. The number of hydrogen-bond acceptors (Lipinski definition) is 4. The van der Waals surface area contributed by atoms with Crippen LogP contribution in [0.4, 0.5) is 0 Å². The fourth-order valence-electron chi connectivity index (χ4n) is 2.21. The van der Waals surface area contributed by atoms with Crippen molar-refractivity contribution in [2.45, 2.75) is 19.8 Å². The number of nitrogens with zero attached hydrogens (tertiary/aromatic N) is 2. The zero-order valence-corrected chi connectivity index (χ0v) is 11.7. The Morgan fingerprint density at radius 3 is 2.71 bits per heavy atom. The first kappa shape index (κ1) is 13.3. The van der Waals surface area contributed by atoms with Crippen LogP contribution in [-0.4, -0.2) is 21.0 Å². The quantitative estimate of drug-likeness (QED) is 0.792. The summed E-state index contributed by atoms with van der Waals surface area (Å²) in [5, 5.41) is 10.1. The largest absolute Gasteiger partial charge is 0.478 e. The van der Waals surface area contributed by atoms with Crippen molar-refractivity contribution in [1.82, 2.24) is 9.97 Å². The molecule has 0 unspecified atom stereocenters. The molecule has 5 nitrogen and oxygen atoms in total. The van der Waals surface area contributed by atoms with E-state index in [0.717, 1.165) is 11.0 Å². The predicted octanol–water partition coefficient (Wildman–Crippen LogP) is 3.71. The topological polar surface area (TPSA) is 76.2 Å².